The van der Waals surface area contributed by atoms with Gasteiger partial charge in [-0.05, 0) is 77.1 Å². The number of carbonyl (C=O) groups excluding carboxylic acids is 1. The normalized spacial score (nSPS) is 21.6. The van der Waals surface area contributed by atoms with Gasteiger partial charge in [0.15, 0.2) is 5.82 Å². The number of aryl methyl sites for hydroxylation is 1. The fraction of sp³-hybridized carbons (Fsp3) is 0.600. The van der Waals surface area contributed by atoms with Gasteiger partial charge in [-0.3, -0.25) is 14.7 Å². The number of amides is 1. The van der Waals surface area contributed by atoms with Crippen LogP contribution in [0.25, 0.3) is 0 Å². The predicted molar refractivity (Wildman–Crippen MR) is 124 cm³/mol. The van der Waals surface area contributed by atoms with Crippen molar-refractivity contribution in [3.63, 3.8) is 0 Å². The van der Waals surface area contributed by atoms with E-state index in [4.69, 9.17) is 9.97 Å². The van der Waals surface area contributed by atoms with Crippen LogP contribution in [0, 0.1) is 6.92 Å². The monoisotopic (exact) mass is 434 g/mol. The van der Waals surface area contributed by atoms with Crippen LogP contribution in [0.1, 0.15) is 67.3 Å². The molecule has 0 saturated carbocycles. The zero-order valence-corrected chi connectivity index (χ0v) is 19.2. The van der Waals surface area contributed by atoms with Crippen molar-refractivity contribution in [1.29, 1.82) is 0 Å². The lowest BCUT2D eigenvalue weighted by atomic mass is 9.99. The van der Waals surface area contributed by atoms with Gasteiger partial charge in [0, 0.05) is 30.5 Å². The molecule has 3 aliphatic heterocycles. The summed E-state index contributed by atoms with van der Waals surface area (Å²) < 4.78 is 0. The lowest BCUT2D eigenvalue weighted by molar-refractivity contribution is -0.136. The number of fused-ring (bicyclic) bond motifs is 1. The van der Waals surface area contributed by atoms with E-state index in [0.29, 0.717) is 6.54 Å². The average Bonchev–Trinajstić information content (AvgIpc) is 3.33. The largest absolute Gasteiger partial charge is 0.350 e. The van der Waals surface area contributed by atoms with Gasteiger partial charge in [0.05, 0.1) is 24.8 Å². The Morgan fingerprint density at radius 2 is 1.88 bits per heavy atom. The van der Waals surface area contributed by atoms with E-state index in [0.717, 1.165) is 87.9 Å². The first kappa shape index (κ1) is 21.3. The van der Waals surface area contributed by atoms with Crippen molar-refractivity contribution in [2.24, 2.45) is 0 Å². The maximum atomic E-state index is 13.2. The Kier molecular flexibility index (Phi) is 6.35. The summed E-state index contributed by atoms with van der Waals surface area (Å²) in [6.45, 7) is 7.27. The summed E-state index contributed by atoms with van der Waals surface area (Å²) in [7, 11) is 0. The molecule has 0 bridgehead atoms. The summed E-state index contributed by atoms with van der Waals surface area (Å²) in [5, 5.41) is 0. The summed E-state index contributed by atoms with van der Waals surface area (Å²) in [5.74, 6) is 2.10. The number of likely N-dealkylation sites (tertiary alicyclic amines) is 2. The van der Waals surface area contributed by atoms with Gasteiger partial charge in [0.2, 0.25) is 5.91 Å². The van der Waals surface area contributed by atoms with Gasteiger partial charge < -0.3 is 9.80 Å². The van der Waals surface area contributed by atoms with Crippen LogP contribution >= 0.6 is 0 Å². The van der Waals surface area contributed by atoms with Crippen molar-refractivity contribution in [2.45, 2.75) is 64.5 Å². The van der Waals surface area contributed by atoms with Gasteiger partial charge in [-0.2, -0.15) is 0 Å². The first-order valence-corrected chi connectivity index (χ1v) is 12.2. The maximum Gasteiger partial charge on any atom is 0.237 e. The second-order valence-electron chi connectivity index (χ2n) is 9.40. The number of nitrogens with zero attached hydrogens (tertiary/aromatic N) is 6. The van der Waals surface area contributed by atoms with Crippen molar-refractivity contribution in [3.8, 4) is 0 Å². The van der Waals surface area contributed by atoms with Gasteiger partial charge in [-0.1, -0.05) is 6.07 Å². The third-order valence-corrected chi connectivity index (χ3v) is 7.12. The van der Waals surface area contributed by atoms with E-state index in [1.54, 1.807) is 0 Å². The minimum Gasteiger partial charge on any atom is -0.350 e. The van der Waals surface area contributed by atoms with E-state index in [1.807, 2.05) is 18.3 Å². The van der Waals surface area contributed by atoms with E-state index >= 15 is 0 Å². The minimum atomic E-state index is -0.0125. The molecule has 0 aliphatic carbocycles. The van der Waals surface area contributed by atoms with Gasteiger partial charge in [0.1, 0.15) is 5.82 Å². The molecule has 0 aromatic carbocycles. The van der Waals surface area contributed by atoms with Crippen LogP contribution in [0.4, 0.5) is 5.82 Å². The molecular weight excluding hydrogens is 400 g/mol. The van der Waals surface area contributed by atoms with Crippen molar-refractivity contribution in [2.75, 3.05) is 37.6 Å². The molecule has 5 rings (SSSR count). The Bertz CT molecular complexity index is 943. The third kappa shape index (κ3) is 4.49. The summed E-state index contributed by atoms with van der Waals surface area (Å²) in [6, 6.07) is 6.05. The molecule has 2 aromatic heterocycles. The Hall–Kier alpha value is -2.54. The van der Waals surface area contributed by atoms with E-state index < -0.39 is 0 Å². The van der Waals surface area contributed by atoms with Crippen LogP contribution < -0.4 is 4.90 Å². The first-order valence-electron chi connectivity index (χ1n) is 12.2. The molecule has 170 valence electrons. The molecule has 0 spiro atoms. The van der Waals surface area contributed by atoms with Crippen molar-refractivity contribution >= 4 is 11.7 Å². The van der Waals surface area contributed by atoms with Gasteiger partial charge in [0.25, 0.3) is 0 Å². The molecule has 7 heteroatoms. The SMILES string of the molecule is Cc1nc(C2CCCCN2C(=O)CN2CCCC2)nc2c1CCCN2Cc1ccccn1. The fourth-order valence-electron chi connectivity index (χ4n) is 5.42. The molecule has 0 N–H and O–H groups in total. The summed E-state index contributed by atoms with van der Waals surface area (Å²) in [6.07, 6.45) is 9.52. The zero-order chi connectivity index (χ0) is 21.9. The lowest BCUT2D eigenvalue weighted by Crippen LogP contribution is -2.44. The number of hydrogen-bond donors (Lipinski definition) is 0. The molecule has 0 radical (unpaired) electrons. The Balaban J connectivity index is 1.41. The summed E-state index contributed by atoms with van der Waals surface area (Å²) >= 11 is 0. The number of rotatable bonds is 5. The molecule has 1 unspecified atom stereocenters. The van der Waals surface area contributed by atoms with E-state index in [-0.39, 0.29) is 11.9 Å². The van der Waals surface area contributed by atoms with E-state index in [1.165, 1.54) is 18.4 Å². The smallest absolute Gasteiger partial charge is 0.237 e. The molecule has 1 amide bonds. The molecule has 7 nitrogen and oxygen atoms in total. The number of pyridine rings is 1. The number of aromatic nitrogens is 3. The standard InChI is InChI=1S/C25H34N6O/c1-19-21-10-8-15-30(17-20-9-2-4-12-26-20)25(21)28-24(27-19)22-11-3-5-16-31(22)23(32)18-29-13-6-7-14-29/h2,4,9,12,22H,3,5-8,10-11,13-18H2,1H3. The predicted octanol–water partition coefficient (Wildman–Crippen LogP) is 3.28. The number of piperidine rings is 1. The van der Waals surface area contributed by atoms with Crippen molar-refractivity contribution in [1.82, 2.24) is 24.8 Å². The maximum absolute atomic E-state index is 13.2. The molecule has 3 aliphatic rings. The highest BCUT2D eigenvalue weighted by molar-refractivity contribution is 5.79. The Labute approximate surface area is 190 Å². The molecule has 2 aromatic rings. The molecule has 32 heavy (non-hydrogen) atoms. The van der Waals surface area contributed by atoms with Gasteiger partial charge in [-0.25, -0.2) is 9.97 Å². The van der Waals surface area contributed by atoms with Crippen LogP contribution in [0.5, 0.6) is 0 Å². The van der Waals surface area contributed by atoms with E-state index in [9.17, 15) is 4.79 Å². The summed E-state index contributed by atoms with van der Waals surface area (Å²) in [4.78, 5) is 34.5. The molecule has 1 atom stereocenters. The highest BCUT2D eigenvalue weighted by atomic mass is 16.2. The average molecular weight is 435 g/mol. The fourth-order valence-corrected chi connectivity index (χ4v) is 5.42. The second kappa shape index (κ2) is 9.53. The topological polar surface area (TPSA) is 65.5 Å². The van der Waals surface area contributed by atoms with E-state index in [2.05, 4.69) is 32.7 Å². The molecule has 2 saturated heterocycles. The highest BCUT2D eigenvalue weighted by Crippen LogP contribution is 2.34. The van der Waals surface area contributed by atoms with Crippen LogP contribution in [-0.4, -0.2) is 63.4 Å². The lowest BCUT2D eigenvalue weighted by Gasteiger charge is -2.37. The van der Waals surface area contributed by atoms with Crippen LogP contribution in [-0.2, 0) is 17.8 Å². The Morgan fingerprint density at radius 1 is 1.03 bits per heavy atom. The second-order valence-corrected chi connectivity index (χ2v) is 9.40. The molecule has 2 fully saturated rings. The number of anilines is 1. The number of hydrogen-bond acceptors (Lipinski definition) is 6. The quantitative estimate of drug-likeness (QED) is 0.720. The first-order chi connectivity index (χ1) is 15.7. The zero-order valence-electron chi connectivity index (χ0n) is 19.2. The summed E-state index contributed by atoms with van der Waals surface area (Å²) in [5.41, 5.74) is 3.37. The molecular formula is C25H34N6O. The van der Waals surface area contributed by atoms with Crippen molar-refractivity contribution in [3.05, 3.63) is 47.2 Å². The van der Waals surface area contributed by atoms with Gasteiger partial charge >= 0.3 is 0 Å². The number of carbonyl (C=O) groups is 1. The third-order valence-electron chi connectivity index (χ3n) is 7.12. The highest BCUT2D eigenvalue weighted by Gasteiger charge is 2.33. The van der Waals surface area contributed by atoms with Crippen molar-refractivity contribution < 1.29 is 4.79 Å². The Morgan fingerprint density at radius 3 is 2.69 bits per heavy atom. The van der Waals surface area contributed by atoms with Gasteiger partial charge in [-0.15, -0.1) is 0 Å². The minimum absolute atomic E-state index is 0.0125. The van der Waals surface area contributed by atoms with Crippen LogP contribution in [0.15, 0.2) is 24.4 Å². The molecule has 5 heterocycles. The van der Waals surface area contributed by atoms with Crippen LogP contribution in [0.3, 0.4) is 0 Å². The van der Waals surface area contributed by atoms with Crippen LogP contribution in [0.2, 0.25) is 0 Å².